The van der Waals surface area contributed by atoms with Crippen molar-refractivity contribution in [1.29, 1.82) is 0 Å². The van der Waals surface area contributed by atoms with Gasteiger partial charge in [-0.25, -0.2) is 0 Å². The number of benzene rings is 1. The van der Waals surface area contributed by atoms with Gasteiger partial charge < -0.3 is 14.4 Å². The Kier molecular flexibility index (Phi) is 3.62. The van der Waals surface area contributed by atoms with Crippen LogP contribution >= 0.6 is 0 Å². The third-order valence-corrected chi connectivity index (χ3v) is 2.84. The average Bonchev–Trinajstić information content (AvgIpc) is 2.84. The number of phenolic OH excluding ortho intramolecular Hbond substituents is 1. The summed E-state index contributed by atoms with van der Waals surface area (Å²) in [5.74, 6) is 1.12. The Morgan fingerprint density at radius 2 is 2.22 bits per heavy atom. The minimum absolute atomic E-state index is 0.165. The zero-order chi connectivity index (χ0) is 13.1. The maximum atomic E-state index is 9.66. The first-order chi connectivity index (χ1) is 8.65. The lowest BCUT2D eigenvalue weighted by Crippen LogP contribution is -2.01. The number of aromatic hydroxyl groups is 1. The third kappa shape index (κ3) is 2.36. The molecule has 1 aromatic carbocycles. The topological polar surface area (TPSA) is 68.4 Å². The predicted molar refractivity (Wildman–Crippen MR) is 66.2 cm³/mol. The molecule has 0 aliphatic heterocycles. The minimum Gasteiger partial charge on any atom is -0.508 e. The monoisotopic (exact) mass is 248 g/mol. The first-order valence-electron chi connectivity index (χ1n) is 5.82. The van der Waals surface area contributed by atoms with Crippen molar-refractivity contribution in [3.63, 3.8) is 0 Å². The molecule has 0 saturated carbocycles. The van der Waals surface area contributed by atoms with Crippen LogP contribution in [0, 0.1) is 6.92 Å². The van der Waals surface area contributed by atoms with Crippen LogP contribution in [0.5, 0.6) is 5.75 Å². The average molecular weight is 248 g/mol. The maximum absolute atomic E-state index is 9.66. The highest BCUT2D eigenvalue weighted by Gasteiger charge is 2.17. The van der Waals surface area contributed by atoms with E-state index in [9.17, 15) is 5.11 Å². The molecule has 0 radical (unpaired) electrons. The van der Waals surface area contributed by atoms with E-state index in [-0.39, 0.29) is 11.9 Å². The first-order valence-corrected chi connectivity index (χ1v) is 5.82. The second kappa shape index (κ2) is 5.18. The van der Waals surface area contributed by atoms with Crippen molar-refractivity contribution in [3.05, 3.63) is 29.6 Å². The summed E-state index contributed by atoms with van der Waals surface area (Å²) >= 11 is 0. The fraction of sp³-hybridized carbons (Fsp3) is 0.385. The van der Waals surface area contributed by atoms with E-state index < -0.39 is 0 Å². The molecule has 1 aromatic heterocycles. The van der Waals surface area contributed by atoms with Crippen LogP contribution in [0.25, 0.3) is 11.5 Å². The Bertz CT molecular complexity index is 533. The molecule has 18 heavy (non-hydrogen) atoms. The Labute approximate surface area is 105 Å². The molecule has 96 valence electrons. The number of rotatable bonds is 4. The van der Waals surface area contributed by atoms with Gasteiger partial charge in [-0.3, -0.25) is 0 Å². The van der Waals surface area contributed by atoms with Crippen LogP contribution in [0.15, 0.2) is 22.7 Å². The van der Waals surface area contributed by atoms with Gasteiger partial charge >= 0.3 is 0 Å². The number of methoxy groups -OCH3 is 1. The number of aromatic nitrogens is 2. The van der Waals surface area contributed by atoms with Gasteiger partial charge in [-0.15, -0.1) is 0 Å². The predicted octanol–water partition coefficient (Wildman–Crippen LogP) is 2.85. The molecule has 5 heteroatoms. The summed E-state index contributed by atoms with van der Waals surface area (Å²) in [5.41, 5.74) is 1.50. The maximum Gasteiger partial charge on any atom is 0.258 e. The van der Waals surface area contributed by atoms with Gasteiger partial charge in [-0.2, -0.15) is 4.98 Å². The number of ether oxygens (including phenoxy) is 1. The molecule has 0 spiro atoms. The van der Waals surface area contributed by atoms with Crippen molar-refractivity contribution in [2.45, 2.75) is 26.4 Å². The molecular formula is C13H16N2O3. The number of aryl methyl sites for hydroxylation is 1. The summed E-state index contributed by atoms with van der Waals surface area (Å²) in [6.07, 6.45) is 0.607. The van der Waals surface area contributed by atoms with Crippen LogP contribution in [-0.4, -0.2) is 22.4 Å². The van der Waals surface area contributed by atoms with Crippen LogP contribution in [0.1, 0.15) is 30.8 Å². The van der Waals surface area contributed by atoms with Gasteiger partial charge in [0.25, 0.3) is 5.89 Å². The van der Waals surface area contributed by atoms with Crippen LogP contribution < -0.4 is 0 Å². The molecule has 0 saturated heterocycles. The molecule has 1 unspecified atom stereocenters. The summed E-state index contributed by atoms with van der Waals surface area (Å²) in [6, 6.07) is 5.25. The van der Waals surface area contributed by atoms with Gasteiger partial charge in [0.15, 0.2) is 0 Å². The highest BCUT2D eigenvalue weighted by atomic mass is 16.5. The lowest BCUT2D eigenvalue weighted by Gasteiger charge is -2.06. The van der Waals surface area contributed by atoms with Gasteiger partial charge in [0.05, 0.1) is 0 Å². The van der Waals surface area contributed by atoms with E-state index in [1.54, 1.807) is 13.2 Å². The molecule has 0 amide bonds. The van der Waals surface area contributed by atoms with Crippen LogP contribution in [0.4, 0.5) is 0 Å². The largest absolute Gasteiger partial charge is 0.508 e. The van der Waals surface area contributed by atoms with Gasteiger partial charge in [0, 0.05) is 12.7 Å². The molecule has 0 bridgehead atoms. The molecule has 1 N–H and O–H groups in total. The summed E-state index contributed by atoms with van der Waals surface area (Å²) in [4.78, 5) is 4.28. The zero-order valence-corrected chi connectivity index (χ0v) is 10.7. The lowest BCUT2D eigenvalue weighted by molar-refractivity contribution is 0.0903. The molecule has 2 aromatic rings. The van der Waals surface area contributed by atoms with Crippen molar-refractivity contribution < 1.29 is 14.4 Å². The van der Waals surface area contributed by atoms with Gasteiger partial charge in [-0.1, -0.05) is 18.1 Å². The van der Waals surface area contributed by atoms with E-state index in [1.165, 1.54) is 0 Å². The molecule has 0 aliphatic carbocycles. The molecule has 2 rings (SSSR count). The summed E-state index contributed by atoms with van der Waals surface area (Å²) in [6.45, 7) is 3.82. The molecule has 1 atom stereocenters. The van der Waals surface area contributed by atoms with Crippen molar-refractivity contribution in [2.24, 2.45) is 0 Å². The van der Waals surface area contributed by atoms with E-state index in [0.29, 0.717) is 17.3 Å². The molecule has 1 heterocycles. The zero-order valence-electron chi connectivity index (χ0n) is 10.7. The van der Waals surface area contributed by atoms with Crippen molar-refractivity contribution >= 4 is 0 Å². The van der Waals surface area contributed by atoms with E-state index in [2.05, 4.69) is 10.1 Å². The SMILES string of the molecule is CCC(OC)c1noc(-c2ccc(C)c(O)c2)n1. The first kappa shape index (κ1) is 12.6. The second-order valence-corrected chi connectivity index (χ2v) is 4.09. The molecule has 0 aliphatic rings. The van der Waals surface area contributed by atoms with E-state index in [0.717, 1.165) is 12.0 Å². The third-order valence-electron chi connectivity index (χ3n) is 2.84. The van der Waals surface area contributed by atoms with Crippen LogP contribution in [0.2, 0.25) is 0 Å². The summed E-state index contributed by atoms with van der Waals surface area (Å²) < 4.78 is 10.4. The highest BCUT2D eigenvalue weighted by Crippen LogP contribution is 2.26. The Hall–Kier alpha value is -1.88. The molecule has 0 fully saturated rings. The van der Waals surface area contributed by atoms with Gasteiger partial charge in [-0.05, 0) is 31.0 Å². The van der Waals surface area contributed by atoms with Crippen LogP contribution in [-0.2, 0) is 4.74 Å². The standard InChI is InChI=1S/C13H16N2O3/c1-4-11(17-3)12-14-13(18-15-12)9-6-5-8(2)10(16)7-9/h5-7,11,16H,4H2,1-3H3. The Morgan fingerprint density at radius 1 is 1.44 bits per heavy atom. The quantitative estimate of drug-likeness (QED) is 0.901. The van der Waals surface area contributed by atoms with E-state index in [1.807, 2.05) is 26.0 Å². The fourth-order valence-electron chi connectivity index (χ4n) is 1.68. The number of nitrogens with zero attached hydrogens (tertiary/aromatic N) is 2. The summed E-state index contributed by atoms with van der Waals surface area (Å²) in [7, 11) is 1.61. The smallest absolute Gasteiger partial charge is 0.258 e. The second-order valence-electron chi connectivity index (χ2n) is 4.09. The normalized spacial score (nSPS) is 12.6. The van der Waals surface area contributed by atoms with Crippen molar-refractivity contribution in [2.75, 3.05) is 7.11 Å². The van der Waals surface area contributed by atoms with Crippen molar-refractivity contribution in [3.8, 4) is 17.2 Å². The number of phenols is 1. The van der Waals surface area contributed by atoms with E-state index in [4.69, 9.17) is 9.26 Å². The summed E-state index contributed by atoms with van der Waals surface area (Å²) in [5, 5.41) is 13.5. The molecule has 5 nitrogen and oxygen atoms in total. The van der Waals surface area contributed by atoms with Gasteiger partial charge in [0.2, 0.25) is 5.82 Å². The highest BCUT2D eigenvalue weighted by molar-refractivity contribution is 5.57. The van der Waals surface area contributed by atoms with Crippen molar-refractivity contribution in [1.82, 2.24) is 10.1 Å². The minimum atomic E-state index is -0.165. The lowest BCUT2D eigenvalue weighted by atomic mass is 10.1. The van der Waals surface area contributed by atoms with Gasteiger partial charge in [0.1, 0.15) is 11.9 Å². The Morgan fingerprint density at radius 3 is 2.83 bits per heavy atom. The van der Waals surface area contributed by atoms with Crippen LogP contribution in [0.3, 0.4) is 0 Å². The number of hydrogen-bond acceptors (Lipinski definition) is 5. The van der Waals surface area contributed by atoms with E-state index >= 15 is 0 Å². The molecular weight excluding hydrogens is 232 g/mol. The Balaban J connectivity index is 2.31. The fourth-order valence-corrected chi connectivity index (χ4v) is 1.68. The number of hydrogen-bond donors (Lipinski definition) is 1.